The molecule has 2 aliphatic rings. The highest BCUT2D eigenvalue weighted by molar-refractivity contribution is 5.00. The van der Waals surface area contributed by atoms with Crippen molar-refractivity contribution in [3.63, 3.8) is 0 Å². The lowest BCUT2D eigenvalue weighted by molar-refractivity contribution is -0.108. The van der Waals surface area contributed by atoms with Gasteiger partial charge in [-0.05, 0) is 56.9 Å². The van der Waals surface area contributed by atoms with Crippen LogP contribution in [0.3, 0.4) is 0 Å². The van der Waals surface area contributed by atoms with Crippen molar-refractivity contribution in [2.24, 2.45) is 17.8 Å². The predicted octanol–water partition coefficient (Wildman–Crippen LogP) is 4.78. The highest BCUT2D eigenvalue weighted by Crippen LogP contribution is 2.43. The zero-order valence-corrected chi connectivity index (χ0v) is 14.8. The third kappa shape index (κ3) is 4.01. The second kappa shape index (κ2) is 7.97. The number of ether oxygens (including phenoxy) is 1. The fourth-order valence-electron chi connectivity index (χ4n) is 4.88. The van der Waals surface area contributed by atoms with Gasteiger partial charge in [0.1, 0.15) is 0 Å². The van der Waals surface area contributed by atoms with Crippen LogP contribution in [-0.2, 0) is 4.74 Å². The summed E-state index contributed by atoms with van der Waals surface area (Å²) in [7, 11) is 0. The Bertz CT molecular complexity index is 292. The smallest absolute Gasteiger partial charge is 0.0837 e. The molecule has 4 unspecified atom stereocenters. The second-order valence-corrected chi connectivity index (χ2v) is 7.62. The zero-order chi connectivity index (χ0) is 15.3. The van der Waals surface area contributed by atoms with Crippen LogP contribution in [0.25, 0.3) is 0 Å². The fourth-order valence-corrected chi connectivity index (χ4v) is 4.88. The SMILES string of the molecule is CCNC(C1CCC(C)C(C)C1)C1(OCC)CCCCC1. The van der Waals surface area contributed by atoms with Crippen molar-refractivity contribution in [2.45, 2.75) is 90.7 Å². The van der Waals surface area contributed by atoms with Crippen molar-refractivity contribution in [2.75, 3.05) is 13.2 Å². The number of likely N-dealkylation sites (N-methyl/N-ethyl adjacent to an activating group) is 1. The lowest BCUT2D eigenvalue weighted by Crippen LogP contribution is -2.58. The minimum Gasteiger partial charge on any atom is -0.374 e. The van der Waals surface area contributed by atoms with Gasteiger partial charge in [-0.2, -0.15) is 0 Å². The molecule has 2 saturated carbocycles. The van der Waals surface area contributed by atoms with Crippen LogP contribution in [0.1, 0.15) is 79.1 Å². The molecule has 0 saturated heterocycles. The molecule has 1 N–H and O–H groups in total. The first kappa shape index (κ1) is 17.3. The quantitative estimate of drug-likeness (QED) is 0.761. The van der Waals surface area contributed by atoms with E-state index in [0.29, 0.717) is 6.04 Å². The van der Waals surface area contributed by atoms with Crippen LogP contribution in [-0.4, -0.2) is 24.8 Å². The van der Waals surface area contributed by atoms with Crippen molar-refractivity contribution in [1.29, 1.82) is 0 Å². The lowest BCUT2D eigenvalue weighted by Gasteiger charge is -2.49. The maximum atomic E-state index is 6.44. The first-order valence-electron chi connectivity index (χ1n) is 9.50. The highest BCUT2D eigenvalue weighted by atomic mass is 16.5. The summed E-state index contributed by atoms with van der Waals surface area (Å²) in [5.74, 6) is 2.57. The first-order valence-corrected chi connectivity index (χ1v) is 9.50. The van der Waals surface area contributed by atoms with Gasteiger partial charge in [0.15, 0.2) is 0 Å². The Labute approximate surface area is 132 Å². The van der Waals surface area contributed by atoms with Crippen molar-refractivity contribution >= 4 is 0 Å². The Morgan fingerprint density at radius 2 is 1.76 bits per heavy atom. The Hall–Kier alpha value is -0.0800. The van der Waals surface area contributed by atoms with Crippen LogP contribution in [0.15, 0.2) is 0 Å². The first-order chi connectivity index (χ1) is 10.1. The van der Waals surface area contributed by atoms with Gasteiger partial charge in [0.05, 0.1) is 5.60 Å². The summed E-state index contributed by atoms with van der Waals surface area (Å²) >= 11 is 0. The molecule has 21 heavy (non-hydrogen) atoms. The largest absolute Gasteiger partial charge is 0.374 e. The zero-order valence-electron chi connectivity index (χ0n) is 14.8. The minimum absolute atomic E-state index is 0.119. The molecule has 4 atom stereocenters. The van der Waals surface area contributed by atoms with Crippen LogP contribution in [0, 0.1) is 17.8 Å². The normalized spacial score (nSPS) is 34.6. The van der Waals surface area contributed by atoms with Crippen LogP contribution in [0.4, 0.5) is 0 Å². The third-order valence-corrected chi connectivity index (χ3v) is 6.23. The summed E-state index contributed by atoms with van der Waals surface area (Å²) in [5.41, 5.74) is 0.119. The van der Waals surface area contributed by atoms with Gasteiger partial charge >= 0.3 is 0 Å². The number of rotatable bonds is 6. The molecule has 0 radical (unpaired) electrons. The van der Waals surface area contributed by atoms with Crippen LogP contribution in [0.5, 0.6) is 0 Å². The summed E-state index contributed by atoms with van der Waals surface area (Å²) in [6.07, 6.45) is 10.8. The molecule has 0 heterocycles. The molecule has 0 aliphatic heterocycles. The lowest BCUT2D eigenvalue weighted by atomic mass is 9.66. The molecule has 0 amide bonds. The van der Waals surface area contributed by atoms with E-state index in [9.17, 15) is 0 Å². The summed E-state index contributed by atoms with van der Waals surface area (Å²) < 4.78 is 6.44. The Morgan fingerprint density at radius 3 is 2.33 bits per heavy atom. The van der Waals surface area contributed by atoms with E-state index < -0.39 is 0 Å². The third-order valence-electron chi connectivity index (χ3n) is 6.23. The van der Waals surface area contributed by atoms with Crippen molar-refractivity contribution in [1.82, 2.24) is 5.32 Å². The average molecular weight is 296 g/mol. The van der Waals surface area contributed by atoms with Crippen LogP contribution < -0.4 is 5.32 Å². The molecule has 0 aromatic heterocycles. The van der Waals surface area contributed by atoms with Gasteiger partial charge in [0, 0.05) is 12.6 Å². The van der Waals surface area contributed by atoms with Crippen molar-refractivity contribution in [3.05, 3.63) is 0 Å². The summed E-state index contributed by atoms with van der Waals surface area (Å²) in [6, 6.07) is 0.567. The van der Waals surface area contributed by atoms with E-state index in [1.54, 1.807) is 0 Å². The fraction of sp³-hybridized carbons (Fsp3) is 1.00. The molecule has 0 aromatic rings. The van der Waals surface area contributed by atoms with E-state index >= 15 is 0 Å². The molecule has 2 rings (SSSR count). The predicted molar refractivity (Wildman–Crippen MR) is 90.6 cm³/mol. The van der Waals surface area contributed by atoms with E-state index in [-0.39, 0.29) is 5.60 Å². The highest BCUT2D eigenvalue weighted by Gasteiger charge is 2.45. The Balaban J connectivity index is 2.14. The Kier molecular flexibility index (Phi) is 6.55. The van der Waals surface area contributed by atoms with Crippen LogP contribution >= 0.6 is 0 Å². The van der Waals surface area contributed by atoms with E-state index in [1.807, 2.05) is 0 Å². The van der Waals surface area contributed by atoms with E-state index in [0.717, 1.165) is 30.9 Å². The van der Waals surface area contributed by atoms with E-state index in [1.165, 1.54) is 51.4 Å². The molecule has 2 heteroatoms. The van der Waals surface area contributed by atoms with Crippen molar-refractivity contribution in [3.8, 4) is 0 Å². The molecule has 2 aliphatic carbocycles. The van der Waals surface area contributed by atoms with E-state index in [2.05, 4.69) is 33.0 Å². The average Bonchev–Trinajstić information content (AvgIpc) is 2.49. The van der Waals surface area contributed by atoms with Gasteiger partial charge in [0.2, 0.25) is 0 Å². The van der Waals surface area contributed by atoms with E-state index in [4.69, 9.17) is 4.74 Å². The van der Waals surface area contributed by atoms with Gasteiger partial charge in [-0.15, -0.1) is 0 Å². The summed E-state index contributed by atoms with van der Waals surface area (Å²) in [5, 5.41) is 3.86. The van der Waals surface area contributed by atoms with Gasteiger partial charge in [-0.1, -0.05) is 46.5 Å². The van der Waals surface area contributed by atoms with Gasteiger partial charge in [-0.25, -0.2) is 0 Å². The standard InChI is InChI=1S/C19H37NO/c1-5-20-18(17-11-10-15(3)16(4)14-17)19(21-6-2)12-8-7-9-13-19/h15-18,20H,5-14H2,1-4H3. The molecular formula is C19H37NO. The maximum absolute atomic E-state index is 6.44. The molecule has 124 valence electrons. The maximum Gasteiger partial charge on any atom is 0.0837 e. The monoisotopic (exact) mass is 295 g/mol. The second-order valence-electron chi connectivity index (χ2n) is 7.62. The van der Waals surface area contributed by atoms with Gasteiger partial charge < -0.3 is 10.1 Å². The number of hydrogen-bond acceptors (Lipinski definition) is 2. The summed E-state index contributed by atoms with van der Waals surface area (Å²) in [4.78, 5) is 0. The minimum atomic E-state index is 0.119. The molecule has 2 fully saturated rings. The van der Waals surface area contributed by atoms with Gasteiger partial charge in [-0.3, -0.25) is 0 Å². The Morgan fingerprint density at radius 1 is 1.05 bits per heavy atom. The number of nitrogens with one attached hydrogen (secondary N) is 1. The summed E-state index contributed by atoms with van der Waals surface area (Å²) in [6.45, 7) is 11.2. The molecule has 0 spiro atoms. The topological polar surface area (TPSA) is 21.3 Å². The molecular weight excluding hydrogens is 258 g/mol. The van der Waals surface area contributed by atoms with Crippen molar-refractivity contribution < 1.29 is 4.74 Å². The molecule has 0 bridgehead atoms. The van der Waals surface area contributed by atoms with Gasteiger partial charge in [0.25, 0.3) is 0 Å². The van der Waals surface area contributed by atoms with Crippen LogP contribution in [0.2, 0.25) is 0 Å². The molecule has 0 aromatic carbocycles. The number of hydrogen-bond donors (Lipinski definition) is 1. The molecule has 2 nitrogen and oxygen atoms in total.